The largest absolute Gasteiger partial charge is 0.380 e. The van der Waals surface area contributed by atoms with Crippen molar-refractivity contribution in [2.24, 2.45) is 7.05 Å². The van der Waals surface area contributed by atoms with Crippen molar-refractivity contribution in [3.05, 3.63) is 71.3 Å². The standard InChI is InChI=1S/C21H25N5O2/c1-24-19(10-11-22-24)21(28)18-14-17-15-25(12-5-13-26(17)23-18)20(27)9-8-16-6-3-2-4-7-16/h2-4,6-7,10-11,14,21,28H,5,8-9,12-13,15H2,1H3/t21-/m0/s1. The van der Waals surface area contributed by atoms with Gasteiger partial charge in [-0.25, -0.2) is 0 Å². The monoisotopic (exact) mass is 379 g/mol. The molecule has 0 saturated carbocycles. The zero-order chi connectivity index (χ0) is 19.5. The van der Waals surface area contributed by atoms with Crippen LogP contribution in [0.15, 0.2) is 48.7 Å². The quantitative estimate of drug-likeness (QED) is 0.736. The molecule has 0 aliphatic carbocycles. The molecule has 1 N–H and O–H groups in total. The van der Waals surface area contributed by atoms with Crippen LogP contribution in [0.25, 0.3) is 0 Å². The number of rotatable bonds is 5. The van der Waals surface area contributed by atoms with Crippen molar-refractivity contribution in [2.75, 3.05) is 6.54 Å². The molecule has 28 heavy (non-hydrogen) atoms. The van der Waals surface area contributed by atoms with Gasteiger partial charge in [-0.05, 0) is 30.5 Å². The fraction of sp³-hybridized carbons (Fsp3) is 0.381. The minimum atomic E-state index is -0.825. The van der Waals surface area contributed by atoms with Crippen LogP contribution < -0.4 is 0 Å². The summed E-state index contributed by atoms with van der Waals surface area (Å²) in [4.78, 5) is 14.6. The Bertz CT molecular complexity index is 947. The molecule has 1 atom stereocenters. The summed E-state index contributed by atoms with van der Waals surface area (Å²) in [5, 5.41) is 19.3. The van der Waals surface area contributed by atoms with Crippen molar-refractivity contribution in [3.8, 4) is 0 Å². The van der Waals surface area contributed by atoms with Crippen LogP contribution in [0.5, 0.6) is 0 Å². The van der Waals surface area contributed by atoms with E-state index >= 15 is 0 Å². The van der Waals surface area contributed by atoms with Gasteiger partial charge in [0.05, 0.1) is 23.6 Å². The first-order valence-electron chi connectivity index (χ1n) is 9.66. The number of aliphatic hydroxyl groups excluding tert-OH is 1. The molecule has 3 heterocycles. The van der Waals surface area contributed by atoms with Crippen molar-refractivity contribution < 1.29 is 9.90 Å². The Morgan fingerprint density at radius 2 is 2.04 bits per heavy atom. The van der Waals surface area contributed by atoms with Crippen LogP contribution in [0.1, 0.15) is 41.6 Å². The number of aryl methyl sites for hydroxylation is 3. The highest BCUT2D eigenvalue weighted by Gasteiger charge is 2.24. The lowest BCUT2D eigenvalue weighted by atomic mass is 10.1. The van der Waals surface area contributed by atoms with Crippen LogP contribution in [0.3, 0.4) is 0 Å². The highest BCUT2D eigenvalue weighted by atomic mass is 16.3. The van der Waals surface area contributed by atoms with E-state index in [9.17, 15) is 9.90 Å². The van der Waals surface area contributed by atoms with Crippen LogP contribution >= 0.6 is 0 Å². The maximum atomic E-state index is 12.7. The average Bonchev–Trinajstić information content (AvgIpc) is 3.26. The number of hydrogen-bond donors (Lipinski definition) is 1. The third-order valence-electron chi connectivity index (χ3n) is 5.28. The molecule has 7 heteroatoms. The van der Waals surface area contributed by atoms with Gasteiger partial charge in [0.1, 0.15) is 6.10 Å². The molecule has 0 spiro atoms. The number of fused-ring (bicyclic) bond motifs is 1. The van der Waals surface area contributed by atoms with E-state index < -0.39 is 6.10 Å². The number of amides is 1. The van der Waals surface area contributed by atoms with E-state index in [1.165, 1.54) is 5.56 Å². The summed E-state index contributed by atoms with van der Waals surface area (Å²) in [7, 11) is 1.80. The second kappa shape index (κ2) is 7.98. The molecular formula is C21H25N5O2. The molecular weight excluding hydrogens is 354 g/mol. The molecule has 0 saturated heterocycles. The molecule has 0 fully saturated rings. The summed E-state index contributed by atoms with van der Waals surface area (Å²) in [6, 6.07) is 13.8. The van der Waals surface area contributed by atoms with Crippen molar-refractivity contribution >= 4 is 5.91 Å². The van der Waals surface area contributed by atoms with E-state index in [-0.39, 0.29) is 5.91 Å². The van der Waals surface area contributed by atoms with Gasteiger partial charge < -0.3 is 10.0 Å². The van der Waals surface area contributed by atoms with Gasteiger partial charge in [-0.1, -0.05) is 30.3 Å². The molecule has 4 rings (SSSR count). The highest BCUT2D eigenvalue weighted by Crippen LogP contribution is 2.23. The minimum Gasteiger partial charge on any atom is -0.380 e. The van der Waals surface area contributed by atoms with Gasteiger partial charge in [-0.3, -0.25) is 14.2 Å². The summed E-state index contributed by atoms with van der Waals surface area (Å²) in [5.74, 6) is 0.159. The third kappa shape index (κ3) is 3.84. The molecule has 0 bridgehead atoms. The zero-order valence-electron chi connectivity index (χ0n) is 16.0. The van der Waals surface area contributed by atoms with Gasteiger partial charge in [0, 0.05) is 32.8 Å². The number of aliphatic hydroxyl groups is 1. The van der Waals surface area contributed by atoms with Crippen LogP contribution in [-0.2, 0) is 31.4 Å². The first kappa shape index (κ1) is 18.4. The molecule has 3 aromatic rings. The predicted molar refractivity (Wildman–Crippen MR) is 104 cm³/mol. The lowest BCUT2D eigenvalue weighted by Gasteiger charge is -2.20. The number of nitrogens with zero attached hydrogens (tertiary/aromatic N) is 5. The van der Waals surface area contributed by atoms with Crippen molar-refractivity contribution in [1.29, 1.82) is 0 Å². The number of hydrogen-bond acceptors (Lipinski definition) is 4. The van der Waals surface area contributed by atoms with Gasteiger partial charge in [-0.2, -0.15) is 10.2 Å². The predicted octanol–water partition coefficient (Wildman–Crippen LogP) is 2.06. The van der Waals surface area contributed by atoms with E-state index in [1.54, 1.807) is 24.0 Å². The molecule has 1 aliphatic heterocycles. The Balaban J connectivity index is 1.45. The Hall–Kier alpha value is -2.93. The van der Waals surface area contributed by atoms with Crippen LogP contribution in [0.4, 0.5) is 0 Å². The normalized spacial score (nSPS) is 15.1. The molecule has 1 amide bonds. The number of carbonyl (C=O) groups excluding carboxylic acids is 1. The van der Waals surface area contributed by atoms with E-state index in [0.29, 0.717) is 24.4 Å². The summed E-state index contributed by atoms with van der Waals surface area (Å²) in [6.45, 7) is 2.01. The Morgan fingerprint density at radius 1 is 1.21 bits per heavy atom. The van der Waals surface area contributed by atoms with E-state index in [1.807, 2.05) is 33.8 Å². The first-order valence-corrected chi connectivity index (χ1v) is 9.66. The SMILES string of the molecule is Cn1nccc1[C@@H](O)c1cc2n(n1)CCCN(C(=O)CCc1ccccc1)C2. The minimum absolute atomic E-state index is 0.159. The molecule has 1 aromatic carbocycles. The number of carbonyl (C=O) groups is 1. The fourth-order valence-electron chi connectivity index (χ4n) is 3.69. The topological polar surface area (TPSA) is 76.2 Å². The van der Waals surface area contributed by atoms with Crippen molar-refractivity contribution in [3.63, 3.8) is 0 Å². The molecule has 7 nitrogen and oxygen atoms in total. The van der Waals surface area contributed by atoms with Gasteiger partial charge in [-0.15, -0.1) is 0 Å². The average molecular weight is 379 g/mol. The summed E-state index contributed by atoms with van der Waals surface area (Å²) < 4.78 is 3.56. The van der Waals surface area contributed by atoms with Crippen LogP contribution in [0, 0.1) is 0 Å². The van der Waals surface area contributed by atoms with Crippen LogP contribution in [-0.4, -0.2) is 42.0 Å². The third-order valence-corrected chi connectivity index (χ3v) is 5.28. The fourth-order valence-corrected chi connectivity index (χ4v) is 3.69. The Morgan fingerprint density at radius 3 is 2.79 bits per heavy atom. The second-order valence-corrected chi connectivity index (χ2v) is 7.22. The Labute approximate surface area is 164 Å². The summed E-state index contributed by atoms with van der Waals surface area (Å²) >= 11 is 0. The Kier molecular flexibility index (Phi) is 5.25. The maximum absolute atomic E-state index is 12.7. The van der Waals surface area contributed by atoms with E-state index in [0.717, 1.165) is 31.6 Å². The lowest BCUT2D eigenvalue weighted by Crippen LogP contribution is -2.30. The van der Waals surface area contributed by atoms with Gasteiger partial charge in [0.2, 0.25) is 5.91 Å². The van der Waals surface area contributed by atoms with Gasteiger partial charge in [0.25, 0.3) is 0 Å². The first-order chi connectivity index (χ1) is 13.6. The van der Waals surface area contributed by atoms with Gasteiger partial charge in [0.15, 0.2) is 0 Å². The maximum Gasteiger partial charge on any atom is 0.223 e. The smallest absolute Gasteiger partial charge is 0.223 e. The van der Waals surface area contributed by atoms with E-state index in [4.69, 9.17) is 0 Å². The molecule has 0 radical (unpaired) electrons. The number of benzene rings is 1. The lowest BCUT2D eigenvalue weighted by molar-refractivity contribution is -0.131. The summed E-state index contributed by atoms with van der Waals surface area (Å²) in [5.41, 5.74) is 3.43. The van der Waals surface area contributed by atoms with Crippen molar-refractivity contribution in [1.82, 2.24) is 24.5 Å². The second-order valence-electron chi connectivity index (χ2n) is 7.22. The summed E-state index contributed by atoms with van der Waals surface area (Å²) in [6.07, 6.45) is 2.94. The van der Waals surface area contributed by atoms with E-state index in [2.05, 4.69) is 22.3 Å². The molecule has 0 unspecified atom stereocenters. The molecule has 146 valence electrons. The van der Waals surface area contributed by atoms with Crippen molar-refractivity contribution in [2.45, 2.75) is 38.5 Å². The van der Waals surface area contributed by atoms with Crippen LogP contribution in [0.2, 0.25) is 0 Å². The highest BCUT2D eigenvalue weighted by molar-refractivity contribution is 5.76. The van der Waals surface area contributed by atoms with Gasteiger partial charge >= 0.3 is 0 Å². The number of aromatic nitrogens is 4. The molecule has 2 aromatic heterocycles. The molecule has 1 aliphatic rings. The zero-order valence-corrected chi connectivity index (χ0v) is 16.0.